The molecule has 0 aromatic heterocycles. The second-order valence-corrected chi connectivity index (χ2v) is 7.43. The molecule has 1 saturated carbocycles. The van der Waals surface area contributed by atoms with E-state index >= 15 is 0 Å². The molecule has 0 bridgehead atoms. The van der Waals surface area contributed by atoms with Crippen molar-refractivity contribution in [2.45, 2.75) is 65.0 Å². The maximum absolute atomic E-state index is 12.0. The Morgan fingerprint density at radius 1 is 1.43 bits per heavy atom. The zero-order chi connectivity index (χ0) is 15.5. The third-order valence-corrected chi connectivity index (χ3v) is 4.41. The monoisotopic (exact) mass is 294 g/mol. The summed E-state index contributed by atoms with van der Waals surface area (Å²) < 4.78 is 5.41. The fraction of sp³-hybridized carbons (Fsp3) is 0.824. The maximum atomic E-state index is 12.0. The van der Waals surface area contributed by atoms with E-state index < -0.39 is 5.60 Å². The van der Waals surface area contributed by atoms with Gasteiger partial charge in [-0.25, -0.2) is 4.79 Å². The van der Waals surface area contributed by atoms with Crippen LogP contribution in [-0.2, 0) is 4.74 Å². The third kappa shape index (κ3) is 5.03. The van der Waals surface area contributed by atoms with Crippen LogP contribution in [0.2, 0.25) is 0 Å². The van der Waals surface area contributed by atoms with Crippen LogP contribution in [0.5, 0.6) is 0 Å². The van der Waals surface area contributed by atoms with Crippen LogP contribution in [0, 0.1) is 5.92 Å². The first kappa shape index (κ1) is 16.3. The topological polar surface area (TPSA) is 41.6 Å². The van der Waals surface area contributed by atoms with Crippen molar-refractivity contribution >= 4 is 6.09 Å². The van der Waals surface area contributed by atoms with E-state index in [2.05, 4.69) is 18.3 Å². The molecule has 4 heteroatoms. The van der Waals surface area contributed by atoms with Crippen LogP contribution in [-0.4, -0.2) is 42.3 Å². The molecular weight excluding hydrogens is 264 g/mol. The Hall–Kier alpha value is -1.03. The number of amides is 1. The Labute approximate surface area is 128 Å². The molecule has 0 aromatic rings. The van der Waals surface area contributed by atoms with Gasteiger partial charge in [-0.3, -0.25) is 0 Å². The zero-order valence-electron chi connectivity index (χ0n) is 13.9. The fourth-order valence-corrected chi connectivity index (χ4v) is 3.07. The summed E-state index contributed by atoms with van der Waals surface area (Å²) in [5, 5.41) is 3.68. The van der Waals surface area contributed by atoms with E-state index in [1.54, 1.807) is 4.90 Å². The molecule has 1 heterocycles. The van der Waals surface area contributed by atoms with Gasteiger partial charge in [0.2, 0.25) is 0 Å². The molecule has 120 valence electrons. The van der Waals surface area contributed by atoms with Crippen molar-refractivity contribution in [2.75, 3.05) is 19.6 Å². The predicted molar refractivity (Wildman–Crippen MR) is 85.3 cm³/mol. The Morgan fingerprint density at radius 2 is 2.19 bits per heavy atom. The average molecular weight is 294 g/mol. The van der Waals surface area contributed by atoms with E-state index in [0.717, 1.165) is 25.4 Å². The van der Waals surface area contributed by atoms with E-state index in [9.17, 15) is 4.79 Å². The Kier molecular flexibility index (Phi) is 5.31. The predicted octanol–water partition coefficient (Wildman–Crippen LogP) is 3.33. The molecule has 0 aromatic carbocycles. The molecule has 1 fully saturated rings. The Bertz CT molecular complexity index is 398. The average Bonchev–Trinajstić information content (AvgIpc) is 2.80. The van der Waals surface area contributed by atoms with Crippen molar-refractivity contribution in [1.82, 2.24) is 10.2 Å². The van der Waals surface area contributed by atoms with E-state index in [1.807, 2.05) is 20.8 Å². The first-order valence-electron chi connectivity index (χ1n) is 8.24. The normalized spacial score (nSPS) is 26.7. The lowest BCUT2D eigenvalue weighted by molar-refractivity contribution is 0.0265. The number of hydrogen-bond acceptors (Lipinski definition) is 3. The molecule has 0 spiro atoms. The van der Waals surface area contributed by atoms with Gasteiger partial charge in [0.05, 0.1) is 0 Å². The van der Waals surface area contributed by atoms with Crippen LogP contribution in [0.4, 0.5) is 4.79 Å². The largest absolute Gasteiger partial charge is 0.444 e. The van der Waals surface area contributed by atoms with E-state index in [0.29, 0.717) is 12.6 Å². The van der Waals surface area contributed by atoms with Crippen LogP contribution >= 0.6 is 0 Å². The molecule has 2 rings (SSSR count). The number of carbonyl (C=O) groups excluding carboxylic acids is 1. The number of carbonyl (C=O) groups is 1. The summed E-state index contributed by atoms with van der Waals surface area (Å²) in [5.74, 6) is 0.799. The number of ether oxygens (including phenoxy) is 1. The summed E-state index contributed by atoms with van der Waals surface area (Å²) >= 11 is 0. The highest BCUT2D eigenvalue weighted by molar-refractivity contribution is 5.68. The summed E-state index contributed by atoms with van der Waals surface area (Å²) in [6, 6.07) is 0.676. The van der Waals surface area contributed by atoms with Gasteiger partial charge < -0.3 is 15.0 Å². The summed E-state index contributed by atoms with van der Waals surface area (Å²) in [4.78, 5) is 13.8. The molecule has 2 unspecified atom stereocenters. The molecule has 1 amide bonds. The first-order chi connectivity index (χ1) is 9.85. The van der Waals surface area contributed by atoms with Crippen molar-refractivity contribution in [2.24, 2.45) is 5.92 Å². The Morgan fingerprint density at radius 3 is 2.71 bits per heavy atom. The van der Waals surface area contributed by atoms with Gasteiger partial charge in [-0.15, -0.1) is 0 Å². The highest BCUT2D eigenvalue weighted by atomic mass is 16.6. The third-order valence-electron chi connectivity index (χ3n) is 4.41. The van der Waals surface area contributed by atoms with Crippen LogP contribution in [0.1, 0.15) is 53.4 Å². The van der Waals surface area contributed by atoms with Crippen molar-refractivity contribution in [1.29, 1.82) is 0 Å². The molecule has 4 nitrogen and oxygen atoms in total. The van der Waals surface area contributed by atoms with E-state index in [4.69, 9.17) is 4.74 Å². The van der Waals surface area contributed by atoms with Crippen molar-refractivity contribution in [3.8, 4) is 0 Å². The second kappa shape index (κ2) is 6.82. The molecule has 2 aliphatic rings. The van der Waals surface area contributed by atoms with E-state index in [-0.39, 0.29) is 6.09 Å². The minimum absolute atomic E-state index is 0.199. The van der Waals surface area contributed by atoms with Crippen LogP contribution in [0.3, 0.4) is 0 Å². The summed E-state index contributed by atoms with van der Waals surface area (Å²) in [6.45, 7) is 10.5. The lowest BCUT2D eigenvalue weighted by Crippen LogP contribution is -2.40. The standard InChI is InChI=1S/C17H30N2O2/c1-13-6-5-7-15(13)18-12-14-8-10-19(11-9-14)16(20)21-17(2,3)4/h8,13,15,18H,5-7,9-12H2,1-4H3. The quantitative estimate of drug-likeness (QED) is 0.812. The van der Waals surface area contributed by atoms with Gasteiger partial charge in [-0.2, -0.15) is 0 Å². The highest BCUT2D eigenvalue weighted by Gasteiger charge is 2.25. The number of nitrogens with zero attached hydrogens (tertiary/aromatic N) is 1. The summed E-state index contributed by atoms with van der Waals surface area (Å²) in [5.41, 5.74) is 1.01. The zero-order valence-corrected chi connectivity index (χ0v) is 13.9. The number of nitrogens with one attached hydrogen (secondary N) is 1. The smallest absolute Gasteiger partial charge is 0.410 e. The first-order valence-corrected chi connectivity index (χ1v) is 8.24. The minimum atomic E-state index is -0.415. The fourth-order valence-electron chi connectivity index (χ4n) is 3.07. The van der Waals surface area contributed by atoms with Gasteiger partial charge >= 0.3 is 6.09 Å². The lowest BCUT2D eigenvalue weighted by atomic mass is 10.0. The van der Waals surface area contributed by atoms with Crippen LogP contribution in [0.25, 0.3) is 0 Å². The second-order valence-electron chi connectivity index (χ2n) is 7.43. The summed E-state index contributed by atoms with van der Waals surface area (Å²) in [7, 11) is 0. The van der Waals surface area contributed by atoms with Crippen LogP contribution < -0.4 is 5.32 Å². The summed E-state index contributed by atoms with van der Waals surface area (Å²) in [6.07, 6.45) is 6.94. The number of hydrogen-bond donors (Lipinski definition) is 1. The van der Waals surface area contributed by atoms with Crippen LogP contribution in [0.15, 0.2) is 11.6 Å². The minimum Gasteiger partial charge on any atom is -0.444 e. The van der Waals surface area contributed by atoms with Gasteiger partial charge in [-0.05, 0) is 46.0 Å². The molecule has 2 atom stereocenters. The van der Waals surface area contributed by atoms with Gasteiger partial charge in [0.25, 0.3) is 0 Å². The maximum Gasteiger partial charge on any atom is 0.410 e. The molecule has 0 saturated heterocycles. The molecule has 1 aliphatic heterocycles. The van der Waals surface area contributed by atoms with Crippen molar-refractivity contribution < 1.29 is 9.53 Å². The SMILES string of the molecule is CC1CCCC1NCC1=CCN(C(=O)OC(C)(C)C)CC1. The van der Waals surface area contributed by atoms with Crippen molar-refractivity contribution in [3.63, 3.8) is 0 Å². The van der Waals surface area contributed by atoms with Gasteiger partial charge in [0, 0.05) is 25.7 Å². The van der Waals surface area contributed by atoms with E-state index in [1.165, 1.54) is 24.8 Å². The molecule has 21 heavy (non-hydrogen) atoms. The van der Waals surface area contributed by atoms with Gasteiger partial charge in [-0.1, -0.05) is 25.0 Å². The lowest BCUT2D eigenvalue weighted by Gasteiger charge is -2.30. The highest BCUT2D eigenvalue weighted by Crippen LogP contribution is 2.25. The molecule has 0 radical (unpaired) electrons. The molecule has 1 aliphatic carbocycles. The number of rotatable bonds is 3. The van der Waals surface area contributed by atoms with Gasteiger partial charge in [0.15, 0.2) is 0 Å². The van der Waals surface area contributed by atoms with Crippen molar-refractivity contribution in [3.05, 3.63) is 11.6 Å². The molecule has 1 N–H and O–H groups in total. The molecular formula is C17H30N2O2. The Balaban J connectivity index is 1.75. The van der Waals surface area contributed by atoms with Gasteiger partial charge in [0.1, 0.15) is 5.60 Å².